The quantitative estimate of drug-likeness (QED) is 0.557. The highest BCUT2D eigenvalue weighted by molar-refractivity contribution is 6.41. The second-order valence-electron chi connectivity index (χ2n) is 6.01. The third-order valence-electron chi connectivity index (χ3n) is 4.20. The van der Waals surface area contributed by atoms with Gasteiger partial charge in [-0.15, -0.1) is 0 Å². The van der Waals surface area contributed by atoms with E-state index in [4.69, 9.17) is 15.2 Å². The first-order chi connectivity index (χ1) is 12.0. The Bertz CT molecular complexity index is 609. The van der Waals surface area contributed by atoms with Crippen molar-refractivity contribution in [3.05, 3.63) is 18.3 Å². The average molecular weight is 349 g/mol. The van der Waals surface area contributed by atoms with Gasteiger partial charge in [0.25, 0.3) is 5.91 Å². The van der Waals surface area contributed by atoms with Crippen molar-refractivity contribution >= 4 is 23.3 Å². The lowest BCUT2D eigenvalue weighted by Gasteiger charge is -2.28. The average Bonchev–Trinajstić information content (AvgIpc) is 2.64. The second kappa shape index (κ2) is 9.12. The minimum Gasteiger partial charge on any atom is -0.474 e. The number of amides is 1. The molecule has 0 radical (unpaired) electrons. The van der Waals surface area contributed by atoms with Crippen molar-refractivity contribution in [1.82, 2.24) is 4.98 Å². The molecule has 3 N–H and O–H groups in total. The molecule has 1 aromatic heterocycles. The zero-order valence-electron chi connectivity index (χ0n) is 14.2. The molecule has 8 nitrogen and oxygen atoms in total. The molecule has 0 spiro atoms. The second-order valence-corrected chi connectivity index (χ2v) is 6.01. The minimum absolute atomic E-state index is 0.0562. The highest BCUT2D eigenvalue weighted by Gasteiger charge is 2.24. The van der Waals surface area contributed by atoms with Gasteiger partial charge in [0.2, 0.25) is 11.7 Å². The summed E-state index contributed by atoms with van der Waals surface area (Å²) in [5.41, 5.74) is 5.53. The van der Waals surface area contributed by atoms with Gasteiger partial charge in [0.1, 0.15) is 6.10 Å². The van der Waals surface area contributed by atoms with Crippen LogP contribution >= 0.6 is 0 Å². The maximum Gasteiger partial charge on any atom is 0.305 e. The van der Waals surface area contributed by atoms with Crippen molar-refractivity contribution in [3.8, 4) is 5.88 Å². The highest BCUT2D eigenvalue weighted by atomic mass is 16.5. The normalized spacial score (nSPS) is 19.8. The molecular formula is C17H23N3O5. The summed E-state index contributed by atoms with van der Waals surface area (Å²) >= 11 is 0. The van der Waals surface area contributed by atoms with E-state index in [0.717, 1.165) is 25.7 Å². The molecule has 0 saturated heterocycles. The van der Waals surface area contributed by atoms with Gasteiger partial charge in [0.05, 0.1) is 25.5 Å². The number of aromatic nitrogens is 1. The number of carbonyl (C=O) groups excluding carboxylic acids is 3. The molecule has 0 bridgehead atoms. The van der Waals surface area contributed by atoms with Crippen molar-refractivity contribution < 1.29 is 23.9 Å². The molecule has 25 heavy (non-hydrogen) atoms. The van der Waals surface area contributed by atoms with Crippen LogP contribution in [0.5, 0.6) is 5.88 Å². The summed E-state index contributed by atoms with van der Waals surface area (Å²) in [7, 11) is 1.40. The van der Waals surface area contributed by atoms with E-state index in [1.807, 2.05) is 0 Å². The SMILES string of the molecule is COC(=O)CC1CCC(Oc2ccc(NC(=O)C(=O)CN)cn2)CC1. The zero-order valence-corrected chi connectivity index (χ0v) is 14.2. The van der Waals surface area contributed by atoms with Gasteiger partial charge >= 0.3 is 5.97 Å². The number of nitrogens with two attached hydrogens (primary N) is 1. The molecule has 8 heteroatoms. The first-order valence-electron chi connectivity index (χ1n) is 8.25. The van der Waals surface area contributed by atoms with Crippen molar-refractivity contribution in [1.29, 1.82) is 0 Å². The molecule has 1 saturated carbocycles. The summed E-state index contributed by atoms with van der Waals surface area (Å²) < 4.78 is 10.5. The lowest BCUT2D eigenvalue weighted by atomic mass is 9.85. The Labute approximate surface area is 146 Å². The monoisotopic (exact) mass is 349 g/mol. The standard InChI is InChI=1S/C17H23N3O5/c1-24-16(22)8-11-2-5-13(6-3-11)25-15-7-4-12(10-19-15)20-17(23)14(21)9-18/h4,7,10-11,13H,2-3,5-6,8-9,18H2,1H3,(H,20,23). The number of Topliss-reactive ketones (excluding diaryl/α,β-unsaturated/α-hetero) is 1. The van der Waals surface area contributed by atoms with Crippen LogP contribution in [0, 0.1) is 5.92 Å². The van der Waals surface area contributed by atoms with E-state index < -0.39 is 11.7 Å². The fourth-order valence-electron chi connectivity index (χ4n) is 2.76. The van der Waals surface area contributed by atoms with Crippen molar-refractivity contribution in [2.24, 2.45) is 11.7 Å². The lowest BCUT2D eigenvalue weighted by molar-refractivity contribution is -0.142. The molecule has 0 atom stereocenters. The number of ether oxygens (including phenoxy) is 2. The summed E-state index contributed by atoms with van der Waals surface area (Å²) in [6.45, 7) is -0.334. The summed E-state index contributed by atoms with van der Waals surface area (Å²) in [6.07, 6.45) is 5.47. The van der Waals surface area contributed by atoms with Crippen LogP contribution in [0.2, 0.25) is 0 Å². The van der Waals surface area contributed by atoms with Gasteiger partial charge in [-0.25, -0.2) is 4.98 Å². The number of rotatable bonds is 7. The molecule has 136 valence electrons. The summed E-state index contributed by atoms with van der Waals surface area (Å²) in [4.78, 5) is 38.0. The molecule has 1 aliphatic rings. The zero-order chi connectivity index (χ0) is 18.2. The number of hydrogen-bond donors (Lipinski definition) is 2. The molecule has 1 fully saturated rings. The topological polar surface area (TPSA) is 121 Å². The van der Waals surface area contributed by atoms with E-state index in [1.165, 1.54) is 13.3 Å². The van der Waals surface area contributed by atoms with E-state index in [2.05, 4.69) is 10.3 Å². The smallest absolute Gasteiger partial charge is 0.305 e. The number of ketones is 1. The van der Waals surface area contributed by atoms with Gasteiger partial charge in [-0.1, -0.05) is 0 Å². The first kappa shape index (κ1) is 18.9. The van der Waals surface area contributed by atoms with Crippen LogP contribution in [-0.2, 0) is 19.1 Å². The molecule has 0 aromatic carbocycles. The third-order valence-corrected chi connectivity index (χ3v) is 4.20. The van der Waals surface area contributed by atoms with Crippen molar-refractivity contribution in [2.45, 2.75) is 38.2 Å². The van der Waals surface area contributed by atoms with Gasteiger partial charge < -0.3 is 20.5 Å². The number of anilines is 1. The Morgan fingerprint density at radius 3 is 2.52 bits per heavy atom. The number of pyridine rings is 1. The number of nitrogens with one attached hydrogen (secondary N) is 1. The van der Waals surface area contributed by atoms with Crippen molar-refractivity contribution in [3.63, 3.8) is 0 Å². The predicted octanol–water partition coefficient (Wildman–Crippen LogP) is 1.05. The number of carbonyl (C=O) groups is 3. The van der Waals surface area contributed by atoms with Crippen LogP contribution in [0.15, 0.2) is 18.3 Å². The fraction of sp³-hybridized carbons (Fsp3) is 0.529. The molecule has 0 aliphatic heterocycles. The highest BCUT2D eigenvalue weighted by Crippen LogP contribution is 2.29. The van der Waals surface area contributed by atoms with Crippen LogP contribution in [0.1, 0.15) is 32.1 Å². The molecule has 1 aromatic rings. The molecule has 2 rings (SSSR count). The minimum atomic E-state index is -0.762. The van der Waals surface area contributed by atoms with E-state index in [9.17, 15) is 14.4 Å². The predicted molar refractivity (Wildman–Crippen MR) is 89.9 cm³/mol. The van der Waals surface area contributed by atoms with Gasteiger partial charge in [-0.05, 0) is 37.7 Å². The fourth-order valence-corrected chi connectivity index (χ4v) is 2.76. The molecule has 1 amide bonds. The summed E-state index contributed by atoms with van der Waals surface area (Å²) in [6, 6.07) is 3.26. The summed E-state index contributed by atoms with van der Waals surface area (Å²) in [5, 5.41) is 2.42. The number of nitrogens with zero attached hydrogens (tertiary/aromatic N) is 1. The third kappa shape index (κ3) is 5.82. The van der Waals surface area contributed by atoms with Gasteiger partial charge in [-0.2, -0.15) is 0 Å². The first-order valence-corrected chi connectivity index (χ1v) is 8.25. The Hall–Kier alpha value is -2.48. The summed E-state index contributed by atoms with van der Waals surface area (Å²) in [5.74, 6) is -0.819. The number of esters is 1. The van der Waals surface area contributed by atoms with E-state index in [-0.39, 0.29) is 18.6 Å². The van der Waals surface area contributed by atoms with Gasteiger partial charge in [-0.3, -0.25) is 14.4 Å². The number of hydrogen-bond acceptors (Lipinski definition) is 7. The van der Waals surface area contributed by atoms with Gasteiger partial charge in [0, 0.05) is 12.5 Å². The number of methoxy groups -OCH3 is 1. The Kier molecular flexibility index (Phi) is 6.88. The van der Waals surface area contributed by atoms with E-state index >= 15 is 0 Å². The Morgan fingerprint density at radius 1 is 1.24 bits per heavy atom. The Balaban J connectivity index is 1.79. The maximum absolute atomic E-state index is 11.4. The van der Waals surface area contributed by atoms with Crippen LogP contribution < -0.4 is 15.8 Å². The largest absolute Gasteiger partial charge is 0.474 e. The lowest BCUT2D eigenvalue weighted by Crippen LogP contribution is -2.29. The maximum atomic E-state index is 11.4. The molecule has 0 unspecified atom stereocenters. The van der Waals surface area contributed by atoms with Gasteiger partial charge in [0.15, 0.2) is 0 Å². The van der Waals surface area contributed by atoms with Crippen LogP contribution in [0.3, 0.4) is 0 Å². The van der Waals surface area contributed by atoms with Crippen LogP contribution in [-0.4, -0.2) is 42.4 Å². The van der Waals surface area contributed by atoms with Crippen molar-refractivity contribution in [2.75, 3.05) is 19.0 Å². The van der Waals surface area contributed by atoms with E-state index in [1.54, 1.807) is 12.1 Å². The van der Waals surface area contributed by atoms with E-state index in [0.29, 0.717) is 23.9 Å². The molecule has 1 heterocycles. The molecule has 1 aliphatic carbocycles. The van der Waals surface area contributed by atoms with Crippen LogP contribution in [0.25, 0.3) is 0 Å². The Morgan fingerprint density at radius 2 is 1.96 bits per heavy atom. The molecular weight excluding hydrogens is 326 g/mol. The van der Waals surface area contributed by atoms with Crippen LogP contribution in [0.4, 0.5) is 5.69 Å².